The van der Waals surface area contributed by atoms with Gasteiger partial charge >= 0.3 is 11.9 Å². The van der Waals surface area contributed by atoms with Gasteiger partial charge in [-0.15, -0.1) is 0 Å². The number of aliphatic carboxylic acids is 1. The Morgan fingerprint density at radius 2 is 1.00 bits per heavy atom. The van der Waals surface area contributed by atoms with E-state index in [1.807, 2.05) is 113 Å². The van der Waals surface area contributed by atoms with E-state index in [9.17, 15) is 14.7 Å². The lowest BCUT2D eigenvalue weighted by Gasteiger charge is -2.47. The molecule has 71 heavy (non-hydrogen) atoms. The van der Waals surface area contributed by atoms with E-state index in [0.29, 0.717) is 30.3 Å². The van der Waals surface area contributed by atoms with Gasteiger partial charge in [0.15, 0.2) is 8.32 Å². The monoisotopic (exact) mass is 1560 g/mol. The van der Waals surface area contributed by atoms with Crippen molar-refractivity contribution in [1.29, 1.82) is 0 Å². The van der Waals surface area contributed by atoms with Crippen molar-refractivity contribution < 1.29 is 33.3 Å². The van der Waals surface area contributed by atoms with Crippen molar-refractivity contribution in [3.05, 3.63) is 0 Å². The molecule has 0 unspecified atom stereocenters. The fourth-order valence-electron chi connectivity index (χ4n) is 6.50. The SMILES string of the molecule is C.CCC[C@H]1O[C@@H]([C@@H](C)CC(=O)O)[C@@H](O[Si](C)(C)C(C)(C)C)C[C@H]1C.CCC[C@H]1O[C@@H]2[C@H](C[C@H]1C)OC(=O)C[C@@H]2C.S=S=S=S=S=S=S=S=S=S=S=S=S=S=S=S=S=S=S=S=S=S=S=S=S=S=S=S=S=S. The molecule has 3 heterocycles. The quantitative estimate of drug-likeness (QED) is 0.182. The van der Waals surface area contributed by atoms with Crippen LogP contribution < -0.4 is 0 Å². The molecule has 3 aliphatic rings. The van der Waals surface area contributed by atoms with Crippen LogP contribution in [0.4, 0.5) is 0 Å². The molecule has 422 valence electrons. The summed E-state index contributed by atoms with van der Waals surface area (Å²) < 4.78 is 24.6. The molecule has 3 fully saturated rings. The lowest BCUT2D eigenvalue weighted by Crippen LogP contribution is -2.54. The Bertz CT molecular complexity index is 2900. The van der Waals surface area contributed by atoms with Crippen molar-refractivity contribution in [2.24, 2.45) is 23.7 Å². The van der Waals surface area contributed by atoms with Crippen LogP contribution in [0.3, 0.4) is 0 Å². The first kappa shape index (κ1) is 76.6. The fourth-order valence-corrected chi connectivity index (χ4v) is 79.2. The minimum atomic E-state index is -1.92. The Morgan fingerprint density at radius 3 is 1.34 bits per heavy atom. The van der Waals surface area contributed by atoms with Crippen molar-refractivity contribution in [3.63, 3.8) is 0 Å². The minimum absolute atomic E-state index is 0. The molecule has 0 amide bonds. The third-order valence-electron chi connectivity index (χ3n) is 10.4. The normalized spacial score (nSPS) is 23.3. The topological polar surface area (TPSA) is 91.3 Å². The Labute approximate surface area is 514 Å². The summed E-state index contributed by atoms with van der Waals surface area (Å²) in [7, 11) is 47.2. The highest BCUT2D eigenvalue weighted by Crippen LogP contribution is 2.42. The Hall–Kier alpha value is 5.64. The molecule has 7 nitrogen and oxygen atoms in total. The number of fused-ring (bicyclic) bond motifs is 1. The van der Waals surface area contributed by atoms with Crippen LogP contribution in [0, 0.1) is 23.7 Å². The first-order valence-electron chi connectivity index (χ1n) is 20.7. The summed E-state index contributed by atoms with van der Waals surface area (Å²) in [6.07, 6.45) is 7.54. The predicted octanol–water partition coefficient (Wildman–Crippen LogP) is 8.18. The van der Waals surface area contributed by atoms with Crippen LogP contribution in [0.1, 0.15) is 121 Å². The van der Waals surface area contributed by atoms with Gasteiger partial charge in [0.05, 0.1) is 43.4 Å². The van der Waals surface area contributed by atoms with Gasteiger partial charge in [-0.25, -0.2) is 0 Å². The molecule has 0 aliphatic carbocycles. The molecule has 38 heteroatoms. The highest BCUT2D eigenvalue weighted by Gasteiger charge is 2.46. The predicted molar refractivity (Wildman–Crippen MR) is 390 cm³/mol. The minimum Gasteiger partial charge on any atom is -0.481 e. The van der Waals surface area contributed by atoms with E-state index in [0.717, 1.165) is 38.5 Å². The van der Waals surface area contributed by atoms with E-state index < -0.39 is 14.3 Å². The summed E-state index contributed by atoms with van der Waals surface area (Å²) in [4.78, 5) is 22.6. The fraction of sp³-hybridized carbons (Fsp3) is 0.939. The number of carboxylic acid groups (broad SMARTS) is 1. The van der Waals surface area contributed by atoms with Crippen LogP contribution >= 0.6 is 0 Å². The number of hydrogen-bond donors (Lipinski definition) is 1. The number of carboxylic acids is 1. The molecular formula is C33H64O7S30Si. The van der Waals surface area contributed by atoms with Crippen molar-refractivity contribution in [1.82, 2.24) is 0 Å². The molecule has 0 radical (unpaired) electrons. The summed E-state index contributed by atoms with van der Waals surface area (Å²) >= 11 is 9.57. The lowest BCUT2D eigenvalue weighted by molar-refractivity contribution is -0.208. The standard InChI is InChI=1S/C19H38O4Si.C13H22O3.CH4.S30/c1-9-10-15-13(2)11-16(23-24(7,8)19(4,5)6)18(22-15)14(3)12-17(20)21;1-4-5-10-8(2)6-11-13(16-10)9(3)7-12(14)15-11;;1-3-5-7-9-11-13-15-17-19-21-23-25-27-29-30-28-26-24-22-20-18-16-14-12-10-8-6-4-2/h13-16,18H,9-12H2,1-8H3,(H,20,21);8-11,13H,4-7H2,1-3H3;1H4;/t13-,14+,15-,16+,18+;8-,9+,10-,11+,13+;;/m11../s1. The highest BCUT2D eigenvalue weighted by molar-refractivity contribution is 8.80. The first-order chi connectivity index (χ1) is 33.4. The van der Waals surface area contributed by atoms with Crippen LogP contribution in [0.15, 0.2) is 0 Å². The van der Waals surface area contributed by atoms with Crippen molar-refractivity contribution in [3.8, 4) is 0 Å². The van der Waals surface area contributed by atoms with Gasteiger partial charge in [-0.05, 0) is 67.5 Å². The molecule has 10 atom stereocenters. The van der Waals surface area contributed by atoms with Gasteiger partial charge in [-0.3, -0.25) is 9.59 Å². The molecule has 3 saturated heterocycles. The van der Waals surface area contributed by atoms with E-state index in [-0.39, 0.29) is 61.3 Å². The molecule has 0 bridgehead atoms. The maximum absolute atomic E-state index is 11.4. The van der Waals surface area contributed by atoms with Gasteiger partial charge < -0.3 is 23.7 Å². The third-order valence-corrected chi connectivity index (χ3v) is 74.9. The van der Waals surface area contributed by atoms with E-state index >= 15 is 0 Å². The summed E-state index contributed by atoms with van der Waals surface area (Å²) in [6.45, 7) is 24.1. The lowest BCUT2D eigenvalue weighted by atomic mass is 9.82. The molecular weight excluding hydrogens is 1500 g/mol. The van der Waals surface area contributed by atoms with Gasteiger partial charge in [0.2, 0.25) is 0 Å². The van der Waals surface area contributed by atoms with Crippen LogP contribution in [0.2, 0.25) is 18.1 Å². The van der Waals surface area contributed by atoms with Crippen LogP contribution in [-0.2, 0) is 299 Å². The molecule has 0 aromatic rings. The summed E-state index contributed by atoms with van der Waals surface area (Å²) in [5, 5.41) is 9.33. The van der Waals surface area contributed by atoms with E-state index in [1.54, 1.807) is 124 Å². The molecule has 0 saturated carbocycles. The second-order valence-electron chi connectivity index (χ2n) is 16.4. The number of rotatable bonds is 9. The third kappa shape index (κ3) is 37.5. The highest BCUT2D eigenvalue weighted by atomic mass is 33.5. The molecule has 1 N–H and O–H groups in total. The first-order valence-corrected chi connectivity index (χ1v) is 62.3. The second kappa shape index (κ2) is 48.1. The van der Waals surface area contributed by atoms with Crippen molar-refractivity contribution >= 4 is 291 Å². The van der Waals surface area contributed by atoms with E-state index in [4.69, 9.17) is 41.0 Å². The van der Waals surface area contributed by atoms with Gasteiger partial charge in [-0.2, -0.15) is 0 Å². The Morgan fingerprint density at radius 1 is 0.648 bits per heavy atom. The Balaban J connectivity index is 0.00000107. The summed E-state index contributed by atoms with van der Waals surface area (Å²) in [5.41, 5.74) is 0. The van der Waals surface area contributed by atoms with Gasteiger partial charge in [0.1, 0.15) is 6.10 Å². The second-order valence-corrected chi connectivity index (χ2v) is 70.7. The average Bonchev–Trinajstić information content (AvgIpc) is 3.28. The van der Waals surface area contributed by atoms with E-state index in [2.05, 4.69) is 68.5 Å². The summed E-state index contributed by atoms with van der Waals surface area (Å²) in [5.74, 6) is 0.399. The zero-order chi connectivity index (χ0) is 52.2. The number of esters is 1. The number of ether oxygens (including phenoxy) is 3. The maximum Gasteiger partial charge on any atom is 0.306 e. The molecule has 0 aromatic carbocycles. The Kier molecular flexibility index (Phi) is 51.9. The van der Waals surface area contributed by atoms with Crippen LogP contribution in [0.5, 0.6) is 0 Å². The maximum atomic E-state index is 11.4. The van der Waals surface area contributed by atoms with E-state index in [1.165, 1.54) is 17.8 Å². The number of hydrogen-bond acceptors (Lipinski definition) is 8. The zero-order valence-electron chi connectivity index (χ0n) is 39.6. The van der Waals surface area contributed by atoms with Crippen LogP contribution in [0.25, 0.3) is 0 Å². The smallest absolute Gasteiger partial charge is 0.306 e. The van der Waals surface area contributed by atoms with Gasteiger partial charge in [0.25, 0.3) is 0 Å². The summed E-state index contributed by atoms with van der Waals surface area (Å²) in [6, 6.07) is 0. The number of carbonyl (C=O) groups is 2. The molecule has 3 aliphatic heterocycles. The zero-order valence-corrected chi connectivity index (χ0v) is 65.1. The van der Waals surface area contributed by atoms with Crippen LogP contribution in [-0.4, -0.2) is 62.0 Å². The van der Waals surface area contributed by atoms with Crippen molar-refractivity contribution in [2.45, 2.75) is 176 Å². The molecule has 0 aromatic heterocycles. The average molecular weight is 1560 g/mol. The van der Waals surface area contributed by atoms with Gasteiger partial charge in [0, 0.05) is 271 Å². The molecule has 3 rings (SSSR count). The largest absolute Gasteiger partial charge is 0.481 e. The molecule has 0 spiro atoms. The van der Waals surface area contributed by atoms with Gasteiger partial charge in [-0.1, -0.05) is 82.6 Å². The van der Waals surface area contributed by atoms with Crippen molar-refractivity contribution in [2.75, 3.05) is 0 Å². The number of carbonyl (C=O) groups excluding carboxylic acids is 1.